The van der Waals surface area contributed by atoms with Gasteiger partial charge in [-0.05, 0) is 31.4 Å². The molecule has 2 atom stereocenters. The van der Waals surface area contributed by atoms with Gasteiger partial charge in [0.05, 0.1) is 11.0 Å². The Morgan fingerprint density at radius 1 is 1.38 bits per heavy atom. The Bertz CT molecular complexity index is 544. The first-order valence-electron chi connectivity index (χ1n) is 6.73. The van der Waals surface area contributed by atoms with Crippen LogP contribution in [0.4, 0.5) is 5.69 Å². The lowest BCUT2D eigenvalue weighted by molar-refractivity contribution is -0.386. The maximum Gasteiger partial charge on any atom is 0.342 e. The molecule has 0 radical (unpaired) electrons. The molecule has 0 aliphatic heterocycles. The molecule has 1 aliphatic carbocycles. The molecule has 0 saturated heterocycles. The molecular formula is C14H17NO6. The molecule has 1 saturated carbocycles. The number of rotatable bonds is 5. The molecule has 0 aromatic heterocycles. The molecule has 1 N–H and O–H groups in total. The van der Waals surface area contributed by atoms with E-state index in [1.165, 1.54) is 18.2 Å². The summed E-state index contributed by atoms with van der Waals surface area (Å²) in [6.07, 6.45) is 3.14. The zero-order chi connectivity index (χ0) is 15.4. The Balaban J connectivity index is 2.25. The van der Waals surface area contributed by atoms with Crippen LogP contribution in [-0.4, -0.2) is 35.3 Å². The summed E-state index contributed by atoms with van der Waals surface area (Å²) in [4.78, 5) is 21.5. The van der Waals surface area contributed by atoms with Crippen molar-refractivity contribution in [3.8, 4) is 5.75 Å². The Kier molecular flexibility index (Phi) is 4.74. The molecule has 2 rings (SSSR count). The quantitative estimate of drug-likeness (QED) is 0.662. The molecule has 21 heavy (non-hydrogen) atoms. The Hall–Kier alpha value is -2.15. The summed E-state index contributed by atoms with van der Waals surface area (Å²) in [5.74, 6) is -1.34. The van der Waals surface area contributed by atoms with Crippen LogP contribution < -0.4 is 4.74 Å². The van der Waals surface area contributed by atoms with Crippen LogP contribution >= 0.6 is 0 Å². The number of carbonyl (C=O) groups is 1. The number of aromatic carboxylic acids is 1. The van der Waals surface area contributed by atoms with E-state index in [-0.39, 0.29) is 23.5 Å². The van der Waals surface area contributed by atoms with Gasteiger partial charge in [-0.25, -0.2) is 4.79 Å². The van der Waals surface area contributed by atoms with E-state index < -0.39 is 16.6 Å². The van der Waals surface area contributed by atoms with Gasteiger partial charge in [-0.15, -0.1) is 0 Å². The van der Waals surface area contributed by atoms with Gasteiger partial charge >= 0.3 is 11.7 Å². The number of benzene rings is 1. The first-order chi connectivity index (χ1) is 10.0. The molecule has 0 heterocycles. The number of hydrogen-bond donors (Lipinski definition) is 1. The number of nitro benzene ring substituents is 1. The number of hydrogen-bond acceptors (Lipinski definition) is 5. The van der Waals surface area contributed by atoms with Crippen LogP contribution in [0.1, 0.15) is 36.0 Å². The third-order valence-electron chi connectivity index (χ3n) is 3.62. The molecule has 0 bridgehead atoms. The van der Waals surface area contributed by atoms with Gasteiger partial charge in [0.2, 0.25) is 0 Å². The van der Waals surface area contributed by atoms with Crippen molar-refractivity contribution in [3.05, 3.63) is 33.9 Å². The molecule has 1 aromatic carbocycles. The van der Waals surface area contributed by atoms with Gasteiger partial charge in [0.25, 0.3) is 0 Å². The van der Waals surface area contributed by atoms with Crippen molar-refractivity contribution < 1.29 is 24.3 Å². The number of para-hydroxylation sites is 1. The van der Waals surface area contributed by atoms with Crippen molar-refractivity contribution in [3.63, 3.8) is 0 Å². The SMILES string of the molecule is COC1CCCC(Oc2cccc(C(=O)O)c2[N+](=O)[O-])C1. The summed E-state index contributed by atoms with van der Waals surface area (Å²) in [7, 11) is 1.63. The van der Waals surface area contributed by atoms with Crippen LogP contribution in [0, 0.1) is 10.1 Å². The normalized spacial score (nSPS) is 21.8. The van der Waals surface area contributed by atoms with E-state index in [9.17, 15) is 14.9 Å². The number of carboxylic acids is 1. The number of carboxylic acid groups (broad SMARTS) is 1. The van der Waals surface area contributed by atoms with E-state index >= 15 is 0 Å². The van der Waals surface area contributed by atoms with Crippen molar-refractivity contribution in [2.75, 3.05) is 7.11 Å². The summed E-state index contributed by atoms with van der Waals surface area (Å²) < 4.78 is 11.0. The van der Waals surface area contributed by atoms with E-state index in [2.05, 4.69) is 0 Å². The Morgan fingerprint density at radius 3 is 2.71 bits per heavy atom. The van der Waals surface area contributed by atoms with Crippen molar-refractivity contribution in [2.45, 2.75) is 37.9 Å². The lowest BCUT2D eigenvalue weighted by Gasteiger charge is -2.28. The van der Waals surface area contributed by atoms with Gasteiger partial charge < -0.3 is 14.6 Å². The first-order valence-corrected chi connectivity index (χ1v) is 6.73. The summed E-state index contributed by atoms with van der Waals surface area (Å²) in [6, 6.07) is 4.08. The maximum absolute atomic E-state index is 11.1. The second-order valence-corrected chi connectivity index (χ2v) is 4.98. The molecule has 0 spiro atoms. The van der Waals surface area contributed by atoms with Gasteiger partial charge in [0.1, 0.15) is 11.7 Å². The monoisotopic (exact) mass is 295 g/mol. The van der Waals surface area contributed by atoms with Crippen molar-refractivity contribution in [1.29, 1.82) is 0 Å². The lowest BCUT2D eigenvalue weighted by Crippen LogP contribution is -2.29. The minimum absolute atomic E-state index is 0.00153. The summed E-state index contributed by atoms with van der Waals surface area (Å²) >= 11 is 0. The largest absolute Gasteiger partial charge is 0.483 e. The molecule has 0 amide bonds. The zero-order valence-electron chi connectivity index (χ0n) is 11.7. The number of ether oxygens (including phenoxy) is 2. The molecule has 7 heteroatoms. The van der Waals surface area contributed by atoms with Crippen molar-refractivity contribution in [1.82, 2.24) is 0 Å². The van der Waals surface area contributed by atoms with E-state index in [4.69, 9.17) is 14.6 Å². The van der Waals surface area contributed by atoms with Crippen LogP contribution in [0.15, 0.2) is 18.2 Å². The summed E-state index contributed by atoms with van der Waals surface area (Å²) in [5, 5.41) is 20.2. The third kappa shape index (κ3) is 3.49. The van der Waals surface area contributed by atoms with Gasteiger partial charge in [-0.2, -0.15) is 0 Å². The van der Waals surface area contributed by atoms with E-state index in [0.717, 1.165) is 19.3 Å². The minimum atomic E-state index is -1.34. The van der Waals surface area contributed by atoms with Crippen LogP contribution in [-0.2, 0) is 4.74 Å². The number of methoxy groups -OCH3 is 1. The average Bonchev–Trinajstić information content (AvgIpc) is 2.46. The van der Waals surface area contributed by atoms with E-state index in [1.807, 2.05) is 0 Å². The Labute approximate surface area is 121 Å². The highest BCUT2D eigenvalue weighted by atomic mass is 16.6. The molecule has 1 aliphatic rings. The van der Waals surface area contributed by atoms with Crippen LogP contribution in [0.5, 0.6) is 5.75 Å². The third-order valence-corrected chi connectivity index (χ3v) is 3.62. The van der Waals surface area contributed by atoms with Crippen LogP contribution in [0.2, 0.25) is 0 Å². The molecule has 1 aromatic rings. The smallest absolute Gasteiger partial charge is 0.342 e. The van der Waals surface area contributed by atoms with E-state index in [1.54, 1.807) is 7.11 Å². The van der Waals surface area contributed by atoms with Gasteiger partial charge in [-0.1, -0.05) is 6.07 Å². The van der Waals surface area contributed by atoms with Gasteiger partial charge in [0.15, 0.2) is 5.75 Å². The number of nitro groups is 1. The molecule has 1 fully saturated rings. The Morgan fingerprint density at radius 2 is 2.10 bits per heavy atom. The first kappa shape index (κ1) is 15.2. The standard InChI is InChI=1S/C14H17NO6/c1-20-9-4-2-5-10(8-9)21-12-7-3-6-11(14(16)17)13(12)15(18)19/h3,6-7,9-10H,2,4-5,8H2,1H3,(H,16,17). The second kappa shape index (κ2) is 6.53. The molecular weight excluding hydrogens is 278 g/mol. The topological polar surface area (TPSA) is 98.9 Å². The summed E-state index contributed by atoms with van der Waals surface area (Å²) in [6.45, 7) is 0. The molecule has 7 nitrogen and oxygen atoms in total. The fourth-order valence-electron chi connectivity index (χ4n) is 2.58. The maximum atomic E-state index is 11.1. The van der Waals surface area contributed by atoms with Crippen LogP contribution in [0.3, 0.4) is 0 Å². The highest BCUT2D eigenvalue weighted by Crippen LogP contribution is 2.34. The molecule has 2 unspecified atom stereocenters. The summed E-state index contributed by atoms with van der Waals surface area (Å²) in [5.41, 5.74) is -0.860. The predicted octanol–water partition coefficient (Wildman–Crippen LogP) is 2.63. The van der Waals surface area contributed by atoms with Crippen molar-refractivity contribution in [2.24, 2.45) is 0 Å². The highest BCUT2D eigenvalue weighted by molar-refractivity contribution is 5.93. The number of nitrogens with zero attached hydrogens (tertiary/aromatic N) is 1. The predicted molar refractivity (Wildman–Crippen MR) is 73.7 cm³/mol. The van der Waals surface area contributed by atoms with E-state index in [0.29, 0.717) is 6.42 Å². The van der Waals surface area contributed by atoms with Gasteiger partial charge in [-0.3, -0.25) is 10.1 Å². The highest BCUT2D eigenvalue weighted by Gasteiger charge is 2.29. The molecule has 114 valence electrons. The second-order valence-electron chi connectivity index (χ2n) is 4.98. The van der Waals surface area contributed by atoms with Gasteiger partial charge in [0, 0.05) is 13.5 Å². The lowest BCUT2D eigenvalue weighted by atomic mass is 9.95. The fourth-order valence-corrected chi connectivity index (χ4v) is 2.58. The fraction of sp³-hybridized carbons (Fsp3) is 0.500. The minimum Gasteiger partial charge on any atom is -0.483 e. The average molecular weight is 295 g/mol. The van der Waals surface area contributed by atoms with Crippen LogP contribution in [0.25, 0.3) is 0 Å². The van der Waals surface area contributed by atoms with Crippen molar-refractivity contribution >= 4 is 11.7 Å². The zero-order valence-corrected chi connectivity index (χ0v) is 11.7.